The topological polar surface area (TPSA) is 108 Å². The number of aromatic amines is 1. The third-order valence-electron chi connectivity index (χ3n) is 2.19. The molecule has 0 spiro atoms. The minimum atomic E-state index is -1.20. The van der Waals surface area contributed by atoms with Crippen molar-refractivity contribution in [3.63, 3.8) is 0 Å². The van der Waals surface area contributed by atoms with Crippen molar-refractivity contribution in [3.05, 3.63) is 41.7 Å². The summed E-state index contributed by atoms with van der Waals surface area (Å²) in [4.78, 5) is 25.9. The highest BCUT2D eigenvalue weighted by atomic mass is 16.4. The first-order valence-corrected chi connectivity index (χ1v) is 5.14. The predicted octanol–water partition coefficient (Wildman–Crippen LogP) is 0.798. The highest BCUT2D eigenvalue weighted by Gasteiger charge is 2.10. The number of ketones is 1. The second-order valence-electron chi connectivity index (χ2n) is 3.46. The Bertz CT molecular complexity index is 565. The molecule has 0 saturated heterocycles. The summed E-state index contributed by atoms with van der Waals surface area (Å²) in [5.74, 6) is -1.52. The summed E-state index contributed by atoms with van der Waals surface area (Å²) in [6.07, 6.45) is 0. The van der Waals surface area contributed by atoms with Crippen LogP contribution in [0.4, 0.5) is 5.95 Å². The Morgan fingerprint density at radius 2 is 2.00 bits per heavy atom. The van der Waals surface area contributed by atoms with Crippen molar-refractivity contribution < 1.29 is 14.7 Å². The van der Waals surface area contributed by atoms with E-state index in [2.05, 4.69) is 20.5 Å². The van der Waals surface area contributed by atoms with E-state index in [9.17, 15) is 9.59 Å². The number of carboxylic acid groups (broad SMARTS) is 1. The van der Waals surface area contributed by atoms with Gasteiger partial charge in [0.1, 0.15) is 0 Å². The molecule has 0 radical (unpaired) electrons. The van der Waals surface area contributed by atoms with Crippen molar-refractivity contribution in [3.8, 4) is 0 Å². The average molecular weight is 246 g/mol. The third kappa shape index (κ3) is 2.70. The van der Waals surface area contributed by atoms with Crippen LogP contribution in [0.1, 0.15) is 21.0 Å². The standard InChI is InChI=1S/C11H10N4O3/c16-8(7-4-2-1-3-5-7)6-12-11-13-9(10(17)18)14-15-11/h1-5H,6H2,(H,17,18)(H2,12,13,14,15). The van der Waals surface area contributed by atoms with Gasteiger partial charge in [0.2, 0.25) is 11.8 Å². The average Bonchev–Trinajstić information content (AvgIpc) is 2.86. The highest BCUT2D eigenvalue weighted by Crippen LogP contribution is 2.02. The molecular weight excluding hydrogens is 236 g/mol. The van der Waals surface area contributed by atoms with Gasteiger partial charge in [0.15, 0.2) is 5.78 Å². The molecule has 0 aliphatic heterocycles. The van der Waals surface area contributed by atoms with Crippen molar-refractivity contribution in [1.82, 2.24) is 15.2 Å². The first-order valence-electron chi connectivity index (χ1n) is 5.14. The molecule has 0 fully saturated rings. The van der Waals surface area contributed by atoms with Crippen molar-refractivity contribution in [2.24, 2.45) is 0 Å². The van der Waals surface area contributed by atoms with E-state index in [0.717, 1.165) is 0 Å². The number of hydrogen-bond donors (Lipinski definition) is 3. The number of nitrogens with zero attached hydrogens (tertiary/aromatic N) is 2. The fourth-order valence-electron chi connectivity index (χ4n) is 1.32. The maximum absolute atomic E-state index is 11.7. The fourth-order valence-corrected chi connectivity index (χ4v) is 1.32. The fraction of sp³-hybridized carbons (Fsp3) is 0.0909. The van der Waals surface area contributed by atoms with Gasteiger partial charge in [0, 0.05) is 5.56 Å². The molecule has 18 heavy (non-hydrogen) atoms. The Kier molecular flexibility index (Phi) is 3.33. The van der Waals surface area contributed by atoms with Gasteiger partial charge < -0.3 is 10.4 Å². The first kappa shape index (κ1) is 11.8. The van der Waals surface area contributed by atoms with Gasteiger partial charge in [-0.15, -0.1) is 5.10 Å². The molecule has 3 N–H and O–H groups in total. The van der Waals surface area contributed by atoms with Crippen LogP contribution in [0.3, 0.4) is 0 Å². The van der Waals surface area contributed by atoms with Crippen LogP contribution in [0.5, 0.6) is 0 Å². The van der Waals surface area contributed by atoms with Crippen molar-refractivity contribution >= 4 is 17.7 Å². The molecular formula is C11H10N4O3. The molecule has 92 valence electrons. The van der Waals surface area contributed by atoms with Crippen LogP contribution in [0, 0.1) is 0 Å². The Hall–Kier alpha value is -2.70. The molecule has 2 aromatic rings. The SMILES string of the molecule is O=C(CNc1n[nH]c(C(=O)O)n1)c1ccccc1. The van der Waals surface area contributed by atoms with Crippen LogP contribution < -0.4 is 5.32 Å². The third-order valence-corrected chi connectivity index (χ3v) is 2.19. The number of anilines is 1. The number of carbonyl (C=O) groups excluding carboxylic acids is 1. The largest absolute Gasteiger partial charge is 0.475 e. The Labute approximate surface area is 102 Å². The van der Waals surface area contributed by atoms with Gasteiger partial charge in [-0.05, 0) is 0 Å². The van der Waals surface area contributed by atoms with E-state index in [1.807, 2.05) is 6.07 Å². The van der Waals surface area contributed by atoms with Crippen molar-refractivity contribution in [2.45, 2.75) is 0 Å². The van der Waals surface area contributed by atoms with Gasteiger partial charge in [-0.25, -0.2) is 4.79 Å². The van der Waals surface area contributed by atoms with Gasteiger partial charge in [-0.1, -0.05) is 30.3 Å². The molecule has 7 nitrogen and oxygen atoms in total. The number of aromatic carboxylic acids is 1. The molecule has 2 rings (SSSR count). The summed E-state index contributed by atoms with van der Waals surface area (Å²) in [6, 6.07) is 8.75. The Balaban J connectivity index is 1.95. The number of Topliss-reactive ketones (excluding diaryl/α,β-unsaturated/α-hetero) is 1. The number of aromatic nitrogens is 3. The van der Waals surface area contributed by atoms with E-state index in [1.54, 1.807) is 24.3 Å². The Morgan fingerprint density at radius 3 is 2.61 bits per heavy atom. The van der Waals surface area contributed by atoms with E-state index < -0.39 is 5.97 Å². The lowest BCUT2D eigenvalue weighted by atomic mass is 10.1. The monoisotopic (exact) mass is 246 g/mol. The molecule has 1 heterocycles. The summed E-state index contributed by atoms with van der Waals surface area (Å²) in [5, 5.41) is 17.1. The van der Waals surface area contributed by atoms with Gasteiger partial charge in [-0.2, -0.15) is 4.98 Å². The van der Waals surface area contributed by atoms with Gasteiger partial charge in [0.05, 0.1) is 6.54 Å². The molecule has 0 bridgehead atoms. The quantitative estimate of drug-likeness (QED) is 0.673. The maximum atomic E-state index is 11.7. The van der Waals surface area contributed by atoms with Crippen LogP contribution in [0.2, 0.25) is 0 Å². The van der Waals surface area contributed by atoms with Gasteiger partial charge in [-0.3, -0.25) is 9.89 Å². The van der Waals surface area contributed by atoms with E-state index >= 15 is 0 Å². The molecule has 0 unspecified atom stereocenters. The molecule has 1 aromatic carbocycles. The molecule has 1 aromatic heterocycles. The number of carbonyl (C=O) groups is 2. The summed E-state index contributed by atoms with van der Waals surface area (Å²) in [5.41, 5.74) is 0.569. The van der Waals surface area contributed by atoms with E-state index in [0.29, 0.717) is 5.56 Å². The summed E-state index contributed by atoms with van der Waals surface area (Å²) in [6.45, 7) is 0.000918. The highest BCUT2D eigenvalue weighted by molar-refractivity contribution is 5.98. The van der Waals surface area contributed by atoms with Crippen LogP contribution >= 0.6 is 0 Å². The van der Waals surface area contributed by atoms with Crippen molar-refractivity contribution in [2.75, 3.05) is 11.9 Å². The summed E-state index contributed by atoms with van der Waals surface area (Å²) >= 11 is 0. The number of hydrogen-bond acceptors (Lipinski definition) is 5. The second-order valence-corrected chi connectivity index (χ2v) is 3.46. The Morgan fingerprint density at radius 1 is 1.28 bits per heavy atom. The zero-order valence-electron chi connectivity index (χ0n) is 9.25. The first-order chi connectivity index (χ1) is 8.66. The van der Waals surface area contributed by atoms with Crippen LogP contribution in [-0.4, -0.2) is 38.6 Å². The summed E-state index contributed by atoms with van der Waals surface area (Å²) in [7, 11) is 0. The minimum Gasteiger partial charge on any atom is -0.475 e. The second kappa shape index (κ2) is 5.09. The lowest BCUT2D eigenvalue weighted by Gasteiger charge is -2.00. The van der Waals surface area contributed by atoms with Crippen LogP contribution in [-0.2, 0) is 0 Å². The normalized spacial score (nSPS) is 10.0. The number of nitrogens with one attached hydrogen (secondary N) is 2. The molecule has 0 aliphatic rings. The smallest absolute Gasteiger partial charge is 0.373 e. The predicted molar refractivity (Wildman–Crippen MR) is 62.6 cm³/mol. The minimum absolute atomic E-state index is 0.000918. The van der Waals surface area contributed by atoms with Crippen LogP contribution in [0.25, 0.3) is 0 Å². The molecule has 0 amide bonds. The zero-order valence-corrected chi connectivity index (χ0v) is 9.25. The molecule has 7 heteroatoms. The van der Waals surface area contributed by atoms with E-state index in [-0.39, 0.29) is 24.1 Å². The number of carboxylic acids is 1. The van der Waals surface area contributed by atoms with Gasteiger partial charge >= 0.3 is 5.97 Å². The number of H-pyrrole nitrogens is 1. The van der Waals surface area contributed by atoms with Crippen molar-refractivity contribution in [1.29, 1.82) is 0 Å². The lowest BCUT2D eigenvalue weighted by molar-refractivity contribution is 0.0684. The number of benzene rings is 1. The zero-order chi connectivity index (χ0) is 13.0. The van der Waals surface area contributed by atoms with Gasteiger partial charge in [0.25, 0.3) is 0 Å². The molecule has 0 aliphatic carbocycles. The molecule has 0 saturated carbocycles. The lowest BCUT2D eigenvalue weighted by Crippen LogP contribution is -2.14. The van der Waals surface area contributed by atoms with E-state index in [1.165, 1.54) is 0 Å². The maximum Gasteiger partial charge on any atom is 0.373 e. The molecule has 0 atom stereocenters. The summed E-state index contributed by atoms with van der Waals surface area (Å²) < 4.78 is 0. The number of rotatable bonds is 5. The van der Waals surface area contributed by atoms with E-state index in [4.69, 9.17) is 5.11 Å². The van der Waals surface area contributed by atoms with Crippen LogP contribution in [0.15, 0.2) is 30.3 Å².